The van der Waals surface area contributed by atoms with Gasteiger partial charge in [0.05, 0.1) is 9.94 Å². The predicted molar refractivity (Wildman–Crippen MR) is 77.6 cm³/mol. The van der Waals surface area contributed by atoms with E-state index in [-0.39, 0.29) is 15.8 Å². The molecule has 19 heavy (non-hydrogen) atoms. The minimum atomic E-state index is -3.72. The van der Waals surface area contributed by atoms with E-state index >= 15 is 0 Å². The Labute approximate surface area is 126 Å². The van der Waals surface area contributed by atoms with Gasteiger partial charge in [-0.15, -0.1) is 11.3 Å². The van der Waals surface area contributed by atoms with Crippen LogP contribution >= 0.6 is 34.5 Å². The van der Waals surface area contributed by atoms with Gasteiger partial charge in [-0.25, -0.2) is 13.1 Å². The fourth-order valence-corrected chi connectivity index (χ4v) is 5.47. The minimum absolute atomic E-state index is 0.0130. The number of hydrogen-bond acceptors (Lipinski definition) is 4. The lowest BCUT2D eigenvalue weighted by Gasteiger charge is -2.31. The molecule has 0 atom stereocenters. The molecule has 0 bridgehead atoms. The van der Waals surface area contributed by atoms with Crippen molar-refractivity contribution in [1.82, 2.24) is 4.72 Å². The third kappa shape index (κ3) is 3.83. The van der Waals surface area contributed by atoms with Crippen LogP contribution in [0.3, 0.4) is 0 Å². The molecular formula is C11H15Cl2NO3S2. The molecular weight excluding hydrogens is 329 g/mol. The summed E-state index contributed by atoms with van der Waals surface area (Å²) >= 11 is 12.6. The van der Waals surface area contributed by atoms with Gasteiger partial charge in [-0.1, -0.05) is 42.5 Å². The third-order valence-corrected chi connectivity index (χ3v) is 6.44. The van der Waals surface area contributed by atoms with Crippen LogP contribution in [0.15, 0.2) is 11.0 Å². The number of halogens is 2. The first kappa shape index (κ1) is 15.5. The normalized spacial score (nSPS) is 19.5. The van der Waals surface area contributed by atoms with E-state index in [0.717, 1.165) is 30.6 Å². The Morgan fingerprint density at radius 1 is 1.32 bits per heavy atom. The van der Waals surface area contributed by atoms with Gasteiger partial charge in [0, 0.05) is 6.54 Å². The molecule has 8 heteroatoms. The Morgan fingerprint density at radius 3 is 2.47 bits per heavy atom. The first-order valence-corrected chi connectivity index (χ1v) is 9.05. The quantitative estimate of drug-likeness (QED) is 0.882. The molecule has 2 rings (SSSR count). The maximum atomic E-state index is 12.1. The molecule has 1 aromatic rings. The highest BCUT2D eigenvalue weighted by Crippen LogP contribution is 2.34. The van der Waals surface area contributed by atoms with Gasteiger partial charge in [-0.05, 0) is 18.9 Å². The fraction of sp³-hybridized carbons (Fsp3) is 0.636. The molecule has 0 saturated heterocycles. The van der Waals surface area contributed by atoms with Crippen molar-refractivity contribution in [3.05, 3.63) is 14.7 Å². The summed E-state index contributed by atoms with van der Waals surface area (Å²) in [6.45, 7) is 0.0130. The smallest absolute Gasteiger partial charge is 0.243 e. The molecule has 0 aromatic carbocycles. The largest absolute Gasteiger partial charge is 0.389 e. The molecule has 1 fully saturated rings. The van der Waals surface area contributed by atoms with E-state index in [4.69, 9.17) is 23.2 Å². The Balaban J connectivity index is 2.07. The zero-order valence-electron chi connectivity index (χ0n) is 10.2. The number of sulfonamides is 1. The van der Waals surface area contributed by atoms with Gasteiger partial charge in [0.25, 0.3) is 0 Å². The zero-order chi connectivity index (χ0) is 14.1. The van der Waals surface area contributed by atoms with Crippen molar-refractivity contribution in [2.75, 3.05) is 6.54 Å². The average Bonchev–Trinajstić information content (AvgIpc) is 2.68. The van der Waals surface area contributed by atoms with Crippen LogP contribution in [0.1, 0.15) is 32.1 Å². The summed E-state index contributed by atoms with van der Waals surface area (Å²) in [7, 11) is -3.72. The van der Waals surface area contributed by atoms with Crippen molar-refractivity contribution in [3.8, 4) is 0 Å². The summed E-state index contributed by atoms with van der Waals surface area (Å²) < 4.78 is 27.1. The summed E-state index contributed by atoms with van der Waals surface area (Å²) in [6, 6.07) is 1.32. The van der Waals surface area contributed by atoms with Crippen LogP contribution in [0.4, 0.5) is 0 Å². The van der Waals surface area contributed by atoms with Crippen molar-refractivity contribution >= 4 is 44.6 Å². The van der Waals surface area contributed by atoms with Gasteiger partial charge < -0.3 is 5.11 Å². The highest BCUT2D eigenvalue weighted by Gasteiger charge is 2.31. The van der Waals surface area contributed by atoms with Gasteiger partial charge in [-0.3, -0.25) is 0 Å². The first-order valence-electron chi connectivity index (χ1n) is 5.99. The van der Waals surface area contributed by atoms with Gasteiger partial charge in [0.1, 0.15) is 9.23 Å². The molecule has 1 aliphatic rings. The molecule has 4 nitrogen and oxygen atoms in total. The van der Waals surface area contributed by atoms with E-state index in [1.54, 1.807) is 0 Å². The molecule has 0 aliphatic heterocycles. The van der Waals surface area contributed by atoms with E-state index in [1.807, 2.05) is 0 Å². The second kappa shape index (κ2) is 5.87. The highest BCUT2D eigenvalue weighted by atomic mass is 35.5. The van der Waals surface area contributed by atoms with Gasteiger partial charge >= 0.3 is 0 Å². The fourth-order valence-electron chi connectivity index (χ4n) is 2.20. The Kier molecular flexibility index (Phi) is 4.80. The number of aliphatic hydroxyl groups is 1. The maximum Gasteiger partial charge on any atom is 0.243 e. The van der Waals surface area contributed by atoms with Gasteiger partial charge in [0.15, 0.2) is 0 Å². The van der Waals surface area contributed by atoms with Crippen molar-refractivity contribution in [2.24, 2.45) is 0 Å². The van der Waals surface area contributed by atoms with Crippen LogP contribution in [0.5, 0.6) is 0 Å². The van der Waals surface area contributed by atoms with E-state index in [1.165, 1.54) is 6.07 Å². The lowest BCUT2D eigenvalue weighted by Crippen LogP contribution is -2.44. The number of rotatable bonds is 4. The summed E-state index contributed by atoms with van der Waals surface area (Å²) in [4.78, 5) is -0.0245. The van der Waals surface area contributed by atoms with E-state index in [0.29, 0.717) is 17.2 Å². The SMILES string of the molecule is O=S(=O)(NCC1(O)CCCCC1)c1cc(Cl)sc1Cl. The third-order valence-electron chi connectivity index (χ3n) is 3.29. The molecule has 108 valence electrons. The molecule has 0 amide bonds. The van der Waals surface area contributed by atoms with Crippen LogP contribution in [0.25, 0.3) is 0 Å². The second-order valence-electron chi connectivity index (χ2n) is 4.80. The molecule has 1 heterocycles. The number of hydrogen-bond donors (Lipinski definition) is 2. The standard InChI is InChI=1S/C11H15Cl2NO3S2/c12-9-6-8(10(13)18-9)19(16,17)14-7-11(15)4-2-1-3-5-11/h6,14-15H,1-5,7H2. The monoisotopic (exact) mass is 343 g/mol. The second-order valence-corrected chi connectivity index (χ2v) is 8.82. The molecule has 0 unspecified atom stereocenters. The first-order chi connectivity index (χ1) is 8.82. The molecule has 1 aromatic heterocycles. The van der Waals surface area contributed by atoms with E-state index in [9.17, 15) is 13.5 Å². The van der Waals surface area contributed by atoms with Crippen LogP contribution in [0, 0.1) is 0 Å². The molecule has 0 radical (unpaired) electrons. The Bertz CT molecular complexity index is 550. The van der Waals surface area contributed by atoms with E-state index in [2.05, 4.69) is 4.72 Å². The van der Waals surface area contributed by atoms with Crippen LogP contribution in [-0.2, 0) is 10.0 Å². The lowest BCUT2D eigenvalue weighted by atomic mass is 9.85. The van der Waals surface area contributed by atoms with Gasteiger partial charge in [0.2, 0.25) is 10.0 Å². The molecule has 0 spiro atoms. The number of nitrogens with one attached hydrogen (secondary N) is 1. The number of thiophene rings is 1. The summed E-state index contributed by atoms with van der Waals surface area (Å²) in [5, 5.41) is 10.3. The van der Waals surface area contributed by atoms with Crippen molar-refractivity contribution in [1.29, 1.82) is 0 Å². The Morgan fingerprint density at radius 2 is 1.95 bits per heavy atom. The summed E-state index contributed by atoms with van der Waals surface area (Å²) in [6.07, 6.45) is 4.16. The molecule has 2 N–H and O–H groups in total. The topological polar surface area (TPSA) is 66.4 Å². The van der Waals surface area contributed by atoms with Crippen LogP contribution in [0.2, 0.25) is 8.67 Å². The lowest BCUT2D eigenvalue weighted by molar-refractivity contribution is 0.00946. The van der Waals surface area contributed by atoms with Crippen molar-refractivity contribution in [2.45, 2.75) is 42.6 Å². The summed E-state index contributed by atoms with van der Waals surface area (Å²) in [5.41, 5.74) is -0.947. The maximum absolute atomic E-state index is 12.1. The van der Waals surface area contributed by atoms with E-state index < -0.39 is 15.6 Å². The zero-order valence-corrected chi connectivity index (χ0v) is 13.3. The Hall–Kier alpha value is 0.150. The van der Waals surface area contributed by atoms with Crippen LogP contribution < -0.4 is 4.72 Å². The van der Waals surface area contributed by atoms with Crippen molar-refractivity contribution in [3.63, 3.8) is 0 Å². The van der Waals surface area contributed by atoms with Crippen molar-refractivity contribution < 1.29 is 13.5 Å². The molecule has 1 saturated carbocycles. The summed E-state index contributed by atoms with van der Waals surface area (Å²) in [5.74, 6) is 0. The average molecular weight is 344 g/mol. The molecule has 1 aliphatic carbocycles. The highest BCUT2D eigenvalue weighted by molar-refractivity contribution is 7.89. The van der Waals surface area contributed by atoms with Crippen LogP contribution in [-0.4, -0.2) is 25.7 Å². The predicted octanol–water partition coefficient (Wildman–Crippen LogP) is 3.03. The van der Waals surface area contributed by atoms with Gasteiger partial charge in [-0.2, -0.15) is 0 Å². The minimum Gasteiger partial charge on any atom is -0.389 e.